The van der Waals surface area contributed by atoms with E-state index >= 15 is 0 Å². The number of benzene rings is 4. The standard InChI is InChI=1S/C30H30N2O4S/c1-20(2)29(21(3)33)32-30(34)27-17-9-8-16-26(27)24-14-6-5-12-23(24)19-31-37(35,36)28-18-10-13-22-11-4-7-15-25(22)28/h4-18,20,29,31H,19H2,1-3H3,(H,32,34)/t29-/m0/s1. The molecule has 0 aliphatic heterocycles. The van der Waals surface area contributed by atoms with Crippen LogP contribution in [-0.4, -0.2) is 26.2 Å². The molecule has 2 N–H and O–H groups in total. The van der Waals surface area contributed by atoms with Crippen LogP contribution in [0.25, 0.3) is 21.9 Å². The van der Waals surface area contributed by atoms with E-state index in [0.29, 0.717) is 16.5 Å². The van der Waals surface area contributed by atoms with Gasteiger partial charge in [0.2, 0.25) is 10.0 Å². The Morgan fingerprint density at radius 1 is 0.784 bits per heavy atom. The minimum atomic E-state index is -3.81. The Morgan fingerprint density at radius 2 is 1.41 bits per heavy atom. The third-order valence-corrected chi connectivity index (χ3v) is 7.82. The molecule has 0 heterocycles. The summed E-state index contributed by atoms with van der Waals surface area (Å²) in [6, 6.07) is 26.5. The van der Waals surface area contributed by atoms with Gasteiger partial charge in [0.05, 0.1) is 10.9 Å². The molecule has 6 nitrogen and oxygen atoms in total. The monoisotopic (exact) mass is 514 g/mol. The van der Waals surface area contributed by atoms with Gasteiger partial charge < -0.3 is 5.32 Å². The highest BCUT2D eigenvalue weighted by Crippen LogP contribution is 2.29. The Bertz CT molecular complexity index is 1560. The maximum absolute atomic E-state index is 13.3. The molecule has 190 valence electrons. The zero-order valence-electron chi connectivity index (χ0n) is 21.1. The van der Waals surface area contributed by atoms with E-state index in [1.807, 2.05) is 74.5 Å². The third kappa shape index (κ3) is 5.79. The number of carbonyl (C=O) groups is 2. The smallest absolute Gasteiger partial charge is 0.252 e. The molecule has 0 aromatic heterocycles. The summed E-state index contributed by atoms with van der Waals surface area (Å²) >= 11 is 0. The molecule has 0 saturated heterocycles. The Kier molecular flexibility index (Phi) is 7.86. The van der Waals surface area contributed by atoms with E-state index in [-0.39, 0.29) is 29.0 Å². The fourth-order valence-electron chi connectivity index (χ4n) is 4.49. The lowest BCUT2D eigenvalue weighted by Crippen LogP contribution is -2.43. The van der Waals surface area contributed by atoms with Crippen molar-refractivity contribution in [2.24, 2.45) is 5.92 Å². The molecule has 0 radical (unpaired) electrons. The van der Waals surface area contributed by atoms with E-state index in [9.17, 15) is 18.0 Å². The van der Waals surface area contributed by atoms with Gasteiger partial charge in [-0.25, -0.2) is 13.1 Å². The zero-order chi connectivity index (χ0) is 26.6. The number of Topliss-reactive ketones (excluding diaryl/α,β-unsaturated/α-hetero) is 1. The normalized spacial score (nSPS) is 12.4. The van der Waals surface area contributed by atoms with Crippen LogP contribution in [-0.2, 0) is 21.4 Å². The van der Waals surface area contributed by atoms with Crippen LogP contribution in [0, 0.1) is 5.92 Å². The summed E-state index contributed by atoms with van der Waals surface area (Å²) in [7, 11) is -3.81. The van der Waals surface area contributed by atoms with E-state index in [1.54, 1.807) is 30.3 Å². The first kappa shape index (κ1) is 26.3. The largest absolute Gasteiger partial charge is 0.342 e. The van der Waals surface area contributed by atoms with Gasteiger partial charge in [-0.05, 0) is 47.1 Å². The van der Waals surface area contributed by atoms with E-state index in [0.717, 1.165) is 16.5 Å². The van der Waals surface area contributed by atoms with E-state index < -0.39 is 16.1 Å². The lowest BCUT2D eigenvalue weighted by molar-refractivity contribution is -0.119. The third-order valence-electron chi connectivity index (χ3n) is 6.36. The number of rotatable bonds is 9. The van der Waals surface area contributed by atoms with Crippen molar-refractivity contribution < 1.29 is 18.0 Å². The van der Waals surface area contributed by atoms with Crippen LogP contribution >= 0.6 is 0 Å². The molecular weight excluding hydrogens is 484 g/mol. The van der Waals surface area contributed by atoms with Crippen LogP contribution in [0.3, 0.4) is 0 Å². The van der Waals surface area contributed by atoms with Crippen molar-refractivity contribution in [3.05, 3.63) is 102 Å². The summed E-state index contributed by atoms with van der Waals surface area (Å²) in [5, 5.41) is 4.35. The second-order valence-corrected chi connectivity index (χ2v) is 11.0. The van der Waals surface area contributed by atoms with Crippen LogP contribution in [0.15, 0.2) is 95.9 Å². The van der Waals surface area contributed by atoms with Crippen molar-refractivity contribution in [1.29, 1.82) is 0 Å². The van der Waals surface area contributed by atoms with Crippen LogP contribution in [0.2, 0.25) is 0 Å². The van der Waals surface area contributed by atoms with Gasteiger partial charge in [-0.3, -0.25) is 9.59 Å². The molecule has 1 amide bonds. The SMILES string of the molecule is CC(=O)[C@@H](NC(=O)c1ccccc1-c1ccccc1CNS(=O)(=O)c1cccc2ccccc12)C(C)C. The summed E-state index contributed by atoms with van der Waals surface area (Å²) < 4.78 is 29.3. The van der Waals surface area contributed by atoms with Crippen molar-refractivity contribution in [1.82, 2.24) is 10.0 Å². The predicted octanol–water partition coefficient (Wildman–Crippen LogP) is 5.33. The molecule has 4 rings (SSSR count). The molecule has 0 aliphatic carbocycles. The summed E-state index contributed by atoms with van der Waals surface area (Å²) in [5.41, 5.74) is 2.53. The molecule has 4 aromatic carbocycles. The molecular formula is C30H30N2O4S. The minimum absolute atomic E-state index is 0.0414. The number of carbonyl (C=O) groups excluding carboxylic acids is 2. The quantitative estimate of drug-likeness (QED) is 0.316. The van der Waals surface area contributed by atoms with Gasteiger partial charge in [0.1, 0.15) is 0 Å². The molecule has 0 unspecified atom stereocenters. The number of hydrogen-bond donors (Lipinski definition) is 2. The van der Waals surface area contributed by atoms with Gasteiger partial charge in [-0.15, -0.1) is 0 Å². The number of nitrogens with one attached hydrogen (secondary N) is 2. The molecule has 4 aromatic rings. The van der Waals surface area contributed by atoms with Gasteiger partial charge in [-0.1, -0.05) is 92.7 Å². The molecule has 7 heteroatoms. The molecule has 1 atom stereocenters. The second kappa shape index (κ2) is 11.1. The fraction of sp³-hybridized carbons (Fsp3) is 0.200. The summed E-state index contributed by atoms with van der Waals surface area (Å²) in [5.74, 6) is -0.510. The summed E-state index contributed by atoms with van der Waals surface area (Å²) in [4.78, 5) is 25.5. The van der Waals surface area contributed by atoms with Crippen LogP contribution < -0.4 is 10.0 Å². The molecule has 0 saturated carbocycles. The van der Waals surface area contributed by atoms with Gasteiger partial charge in [0.25, 0.3) is 5.91 Å². The van der Waals surface area contributed by atoms with E-state index in [4.69, 9.17) is 0 Å². The van der Waals surface area contributed by atoms with Crippen molar-refractivity contribution in [2.45, 2.75) is 38.3 Å². The lowest BCUT2D eigenvalue weighted by Gasteiger charge is -2.21. The Balaban J connectivity index is 1.65. The highest BCUT2D eigenvalue weighted by atomic mass is 32.2. The highest BCUT2D eigenvalue weighted by Gasteiger charge is 2.24. The fourth-order valence-corrected chi connectivity index (χ4v) is 5.72. The number of ketones is 1. The van der Waals surface area contributed by atoms with E-state index in [2.05, 4.69) is 10.0 Å². The van der Waals surface area contributed by atoms with Crippen LogP contribution in [0.1, 0.15) is 36.7 Å². The zero-order valence-corrected chi connectivity index (χ0v) is 21.9. The van der Waals surface area contributed by atoms with Crippen molar-refractivity contribution in [3.63, 3.8) is 0 Å². The first-order chi connectivity index (χ1) is 17.7. The topological polar surface area (TPSA) is 92.3 Å². The average molecular weight is 515 g/mol. The Hall–Kier alpha value is -3.81. The minimum Gasteiger partial charge on any atom is -0.342 e. The van der Waals surface area contributed by atoms with Crippen LogP contribution in [0.5, 0.6) is 0 Å². The van der Waals surface area contributed by atoms with Gasteiger partial charge in [0, 0.05) is 17.5 Å². The second-order valence-electron chi connectivity index (χ2n) is 9.31. The van der Waals surface area contributed by atoms with Crippen molar-refractivity contribution in [3.8, 4) is 11.1 Å². The summed E-state index contributed by atoms with van der Waals surface area (Å²) in [6.45, 7) is 5.28. The number of hydrogen-bond acceptors (Lipinski definition) is 4. The van der Waals surface area contributed by atoms with Gasteiger partial charge in [0.15, 0.2) is 5.78 Å². The number of sulfonamides is 1. The Morgan fingerprint density at radius 3 is 2.14 bits per heavy atom. The molecule has 0 aliphatic rings. The first-order valence-electron chi connectivity index (χ1n) is 12.1. The molecule has 0 fully saturated rings. The molecule has 0 spiro atoms. The first-order valence-corrected chi connectivity index (χ1v) is 13.6. The summed E-state index contributed by atoms with van der Waals surface area (Å²) in [6.07, 6.45) is 0. The predicted molar refractivity (Wildman–Crippen MR) is 147 cm³/mol. The van der Waals surface area contributed by atoms with Crippen molar-refractivity contribution in [2.75, 3.05) is 0 Å². The highest BCUT2D eigenvalue weighted by molar-refractivity contribution is 7.89. The van der Waals surface area contributed by atoms with Gasteiger partial charge in [-0.2, -0.15) is 0 Å². The van der Waals surface area contributed by atoms with Gasteiger partial charge >= 0.3 is 0 Å². The lowest BCUT2D eigenvalue weighted by atomic mass is 9.94. The van der Waals surface area contributed by atoms with E-state index in [1.165, 1.54) is 6.92 Å². The Labute approximate surface area is 217 Å². The maximum Gasteiger partial charge on any atom is 0.252 e. The number of fused-ring (bicyclic) bond motifs is 1. The molecule has 0 bridgehead atoms. The molecule has 37 heavy (non-hydrogen) atoms. The number of amides is 1. The maximum atomic E-state index is 13.3. The van der Waals surface area contributed by atoms with Crippen molar-refractivity contribution >= 4 is 32.5 Å². The van der Waals surface area contributed by atoms with Crippen LogP contribution in [0.4, 0.5) is 0 Å². The average Bonchev–Trinajstić information content (AvgIpc) is 2.90.